The lowest BCUT2D eigenvalue weighted by Gasteiger charge is -2.14. The SMILES string of the molecule is Clc1cccc(C2CCCCCC2)c1. The first kappa shape index (κ1) is 10.0. The van der Waals surface area contributed by atoms with Gasteiger partial charge in [0, 0.05) is 5.02 Å². The van der Waals surface area contributed by atoms with Gasteiger partial charge in [0.25, 0.3) is 0 Å². The molecule has 1 aromatic carbocycles. The van der Waals surface area contributed by atoms with Crippen LogP contribution in [0.3, 0.4) is 0 Å². The van der Waals surface area contributed by atoms with Crippen LogP contribution in [0.15, 0.2) is 24.3 Å². The predicted octanol–water partition coefficient (Wildman–Crippen LogP) is 4.78. The van der Waals surface area contributed by atoms with Crippen LogP contribution in [-0.4, -0.2) is 0 Å². The molecule has 0 N–H and O–H groups in total. The highest BCUT2D eigenvalue weighted by molar-refractivity contribution is 6.30. The standard InChI is InChI=1S/C13H17Cl/c14-13-9-5-8-12(10-13)11-6-3-1-2-4-7-11/h5,8-11H,1-4,6-7H2. The summed E-state index contributed by atoms with van der Waals surface area (Å²) in [4.78, 5) is 0. The Bertz CT molecular complexity index is 285. The van der Waals surface area contributed by atoms with E-state index in [0.29, 0.717) is 0 Å². The van der Waals surface area contributed by atoms with Crippen LogP contribution in [0.2, 0.25) is 5.02 Å². The Morgan fingerprint density at radius 1 is 1.00 bits per heavy atom. The summed E-state index contributed by atoms with van der Waals surface area (Å²) in [6, 6.07) is 8.39. The minimum absolute atomic E-state index is 0.760. The summed E-state index contributed by atoms with van der Waals surface area (Å²) in [6.45, 7) is 0. The summed E-state index contributed by atoms with van der Waals surface area (Å²) >= 11 is 6.00. The third-order valence-corrected chi connectivity index (χ3v) is 3.41. The van der Waals surface area contributed by atoms with Crippen LogP contribution in [0.25, 0.3) is 0 Å². The summed E-state index contributed by atoms with van der Waals surface area (Å²) in [6.07, 6.45) is 8.29. The second-order valence-corrected chi connectivity index (χ2v) is 4.68. The lowest BCUT2D eigenvalue weighted by molar-refractivity contribution is 0.592. The number of hydrogen-bond donors (Lipinski definition) is 0. The third kappa shape index (κ3) is 2.51. The molecule has 0 radical (unpaired) electrons. The van der Waals surface area contributed by atoms with E-state index >= 15 is 0 Å². The fraction of sp³-hybridized carbons (Fsp3) is 0.538. The van der Waals surface area contributed by atoms with Gasteiger partial charge in [-0.15, -0.1) is 0 Å². The number of benzene rings is 1. The molecule has 1 aromatic rings. The molecule has 1 aliphatic carbocycles. The maximum Gasteiger partial charge on any atom is 0.0408 e. The largest absolute Gasteiger partial charge is 0.0843 e. The van der Waals surface area contributed by atoms with Crippen molar-refractivity contribution in [3.8, 4) is 0 Å². The van der Waals surface area contributed by atoms with Crippen molar-refractivity contribution in [2.75, 3.05) is 0 Å². The van der Waals surface area contributed by atoms with Gasteiger partial charge in [0.05, 0.1) is 0 Å². The van der Waals surface area contributed by atoms with Crippen molar-refractivity contribution in [3.05, 3.63) is 34.9 Å². The van der Waals surface area contributed by atoms with Crippen molar-refractivity contribution < 1.29 is 0 Å². The molecule has 0 atom stereocenters. The molecule has 1 saturated carbocycles. The molecular weight excluding hydrogens is 192 g/mol. The van der Waals surface area contributed by atoms with Crippen LogP contribution in [0.1, 0.15) is 50.0 Å². The second-order valence-electron chi connectivity index (χ2n) is 4.24. The minimum Gasteiger partial charge on any atom is -0.0843 e. The molecule has 0 bridgehead atoms. The Balaban J connectivity index is 2.12. The van der Waals surface area contributed by atoms with E-state index in [4.69, 9.17) is 11.6 Å². The van der Waals surface area contributed by atoms with Crippen LogP contribution in [0, 0.1) is 0 Å². The van der Waals surface area contributed by atoms with Crippen molar-refractivity contribution in [2.24, 2.45) is 0 Å². The zero-order valence-electron chi connectivity index (χ0n) is 8.51. The van der Waals surface area contributed by atoms with Gasteiger partial charge in [-0.25, -0.2) is 0 Å². The first-order chi connectivity index (χ1) is 6.86. The van der Waals surface area contributed by atoms with Crippen LogP contribution < -0.4 is 0 Å². The zero-order chi connectivity index (χ0) is 9.80. The lowest BCUT2D eigenvalue weighted by atomic mass is 9.92. The Hall–Kier alpha value is -0.490. The molecule has 14 heavy (non-hydrogen) atoms. The van der Waals surface area contributed by atoms with E-state index in [1.165, 1.54) is 44.1 Å². The van der Waals surface area contributed by atoms with Gasteiger partial charge in [0.15, 0.2) is 0 Å². The highest BCUT2D eigenvalue weighted by atomic mass is 35.5. The summed E-state index contributed by atoms with van der Waals surface area (Å²) in [5.74, 6) is 0.760. The lowest BCUT2D eigenvalue weighted by Crippen LogP contribution is -1.96. The van der Waals surface area contributed by atoms with E-state index < -0.39 is 0 Å². The topological polar surface area (TPSA) is 0 Å². The monoisotopic (exact) mass is 208 g/mol. The highest BCUT2D eigenvalue weighted by Gasteiger charge is 2.13. The van der Waals surface area contributed by atoms with Gasteiger partial charge in [-0.2, -0.15) is 0 Å². The molecule has 76 valence electrons. The van der Waals surface area contributed by atoms with Gasteiger partial charge in [-0.1, -0.05) is 49.4 Å². The van der Waals surface area contributed by atoms with Gasteiger partial charge < -0.3 is 0 Å². The Morgan fingerprint density at radius 3 is 2.36 bits per heavy atom. The summed E-state index contributed by atoms with van der Waals surface area (Å²) in [5.41, 5.74) is 1.44. The highest BCUT2D eigenvalue weighted by Crippen LogP contribution is 2.32. The maximum atomic E-state index is 6.00. The molecule has 2 rings (SSSR count). The van der Waals surface area contributed by atoms with E-state index in [2.05, 4.69) is 18.2 Å². The van der Waals surface area contributed by atoms with E-state index in [1.807, 2.05) is 6.07 Å². The molecular formula is C13H17Cl. The molecule has 1 heteroatoms. The van der Waals surface area contributed by atoms with Crippen molar-refractivity contribution in [1.29, 1.82) is 0 Å². The van der Waals surface area contributed by atoms with E-state index in [9.17, 15) is 0 Å². The molecule has 0 aromatic heterocycles. The molecule has 0 nitrogen and oxygen atoms in total. The minimum atomic E-state index is 0.760. The summed E-state index contributed by atoms with van der Waals surface area (Å²) in [7, 11) is 0. The summed E-state index contributed by atoms with van der Waals surface area (Å²) < 4.78 is 0. The van der Waals surface area contributed by atoms with Crippen LogP contribution >= 0.6 is 11.6 Å². The Labute approximate surface area is 91.3 Å². The average Bonchev–Trinajstić information content (AvgIpc) is 2.45. The molecule has 0 heterocycles. The van der Waals surface area contributed by atoms with Crippen molar-refractivity contribution >= 4 is 11.6 Å². The molecule has 0 unspecified atom stereocenters. The maximum absolute atomic E-state index is 6.00. The Kier molecular flexibility index (Phi) is 3.47. The molecule has 0 amide bonds. The van der Waals surface area contributed by atoms with Gasteiger partial charge in [-0.05, 0) is 36.5 Å². The van der Waals surface area contributed by atoms with Gasteiger partial charge >= 0.3 is 0 Å². The first-order valence-corrected chi connectivity index (χ1v) is 5.99. The summed E-state index contributed by atoms with van der Waals surface area (Å²) in [5, 5.41) is 0.881. The van der Waals surface area contributed by atoms with Crippen molar-refractivity contribution in [2.45, 2.75) is 44.4 Å². The average molecular weight is 209 g/mol. The fourth-order valence-electron chi connectivity index (χ4n) is 2.37. The fourth-order valence-corrected chi connectivity index (χ4v) is 2.57. The molecule has 0 saturated heterocycles. The van der Waals surface area contributed by atoms with Crippen LogP contribution in [0.5, 0.6) is 0 Å². The van der Waals surface area contributed by atoms with Crippen LogP contribution in [-0.2, 0) is 0 Å². The van der Waals surface area contributed by atoms with Gasteiger partial charge in [-0.3, -0.25) is 0 Å². The van der Waals surface area contributed by atoms with Crippen molar-refractivity contribution in [1.82, 2.24) is 0 Å². The molecule has 0 aliphatic heterocycles. The second kappa shape index (κ2) is 4.84. The number of hydrogen-bond acceptors (Lipinski definition) is 0. The van der Waals surface area contributed by atoms with E-state index in [1.54, 1.807) is 0 Å². The first-order valence-electron chi connectivity index (χ1n) is 5.62. The van der Waals surface area contributed by atoms with E-state index in [-0.39, 0.29) is 0 Å². The zero-order valence-corrected chi connectivity index (χ0v) is 9.26. The van der Waals surface area contributed by atoms with E-state index in [0.717, 1.165) is 10.9 Å². The normalized spacial score (nSPS) is 19.2. The molecule has 1 fully saturated rings. The molecule has 0 spiro atoms. The Morgan fingerprint density at radius 2 is 1.71 bits per heavy atom. The number of halogens is 1. The van der Waals surface area contributed by atoms with Crippen molar-refractivity contribution in [3.63, 3.8) is 0 Å². The number of rotatable bonds is 1. The van der Waals surface area contributed by atoms with Gasteiger partial charge in [0.2, 0.25) is 0 Å². The predicted molar refractivity (Wildman–Crippen MR) is 61.9 cm³/mol. The smallest absolute Gasteiger partial charge is 0.0408 e. The van der Waals surface area contributed by atoms with Gasteiger partial charge in [0.1, 0.15) is 0 Å². The van der Waals surface area contributed by atoms with Crippen LogP contribution in [0.4, 0.5) is 0 Å². The third-order valence-electron chi connectivity index (χ3n) is 3.18. The molecule has 1 aliphatic rings. The quantitative estimate of drug-likeness (QED) is 0.583.